The van der Waals surface area contributed by atoms with Gasteiger partial charge in [0.05, 0.1) is 0 Å². The maximum Gasteiger partial charge on any atom is 0.170 e. The maximum absolute atomic E-state index is 12.2. The van der Waals surface area contributed by atoms with E-state index in [0.717, 1.165) is 5.56 Å². The van der Waals surface area contributed by atoms with Crippen LogP contribution in [0.15, 0.2) is 54.6 Å². The second kappa shape index (κ2) is 4.83. The third kappa shape index (κ3) is 2.53. The van der Waals surface area contributed by atoms with E-state index in [1.807, 2.05) is 37.3 Å². The lowest BCUT2D eigenvalue weighted by molar-refractivity contribution is 0.0965. The standard InChI is InChI=1S/C15H14O2/c1-11(12-6-3-2-4-7-12)15(17)13-8-5-9-14(16)10-13/h2-11,16H,1H3. The van der Waals surface area contributed by atoms with Gasteiger partial charge < -0.3 is 5.11 Å². The molecule has 0 aliphatic heterocycles. The van der Waals surface area contributed by atoms with E-state index in [9.17, 15) is 9.90 Å². The topological polar surface area (TPSA) is 37.3 Å². The lowest BCUT2D eigenvalue weighted by atomic mass is 9.92. The molecule has 0 fully saturated rings. The monoisotopic (exact) mass is 226 g/mol. The summed E-state index contributed by atoms with van der Waals surface area (Å²) in [5.41, 5.74) is 1.53. The summed E-state index contributed by atoms with van der Waals surface area (Å²) in [7, 11) is 0. The Bertz CT molecular complexity index is 517. The van der Waals surface area contributed by atoms with Crippen LogP contribution in [0.2, 0.25) is 0 Å². The Morgan fingerprint density at radius 1 is 1.06 bits per heavy atom. The molecule has 0 aromatic heterocycles. The molecule has 0 amide bonds. The molecule has 0 spiro atoms. The van der Waals surface area contributed by atoms with E-state index >= 15 is 0 Å². The van der Waals surface area contributed by atoms with Crippen molar-refractivity contribution in [2.45, 2.75) is 12.8 Å². The van der Waals surface area contributed by atoms with Crippen molar-refractivity contribution in [3.05, 3.63) is 65.7 Å². The molecule has 1 atom stereocenters. The molecule has 1 unspecified atom stereocenters. The molecule has 0 aliphatic rings. The molecule has 0 saturated heterocycles. The summed E-state index contributed by atoms with van der Waals surface area (Å²) in [6.45, 7) is 1.88. The van der Waals surface area contributed by atoms with Crippen LogP contribution in [0.5, 0.6) is 5.75 Å². The molecule has 86 valence electrons. The molecular formula is C15H14O2. The van der Waals surface area contributed by atoms with Crippen molar-refractivity contribution in [1.82, 2.24) is 0 Å². The van der Waals surface area contributed by atoms with Crippen LogP contribution < -0.4 is 0 Å². The fraction of sp³-hybridized carbons (Fsp3) is 0.133. The molecule has 2 aromatic rings. The fourth-order valence-corrected chi connectivity index (χ4v) is 1.80. The summed E-state index contributed by atoms with van der Waals surface area (Å²) in [5.74, 6) is -0.0544. The average Bonchev–Trinajstić information content (AvgIpc) is 2.38. The van der Waals surface area contributed by atoms with Crippen LogP contribution in [0.1, 0.15) is 28.8 Å². The highest BCUT2D eigenvalue weighted by molar-refractivity contribution is 6.00. The summed E-state index contributed by atoms with van der Waals surface area (Å²) in [4.78, 5) is 12.2. The first-order valence-corrected chi connectivity index (χ1v) is 5.56. The van der Waals surface area contributed by atoms with Gasteiger partial charge in [0.15, 0.2) is 5.78 Å². The van der Waals surface area contributed by atoms with E-state index in [1.165, 1.54) is 6.07 Å². The number of benzene rings is 2. The molecule has 0 saturated carbocycles. The average molecular weight is 226 g/mol. The number of Topliss-reactive ketones (excluding diaryl/α,β-unsaturated/α-hetero) is 1. The molecule has 0 heterocycles. The molecule has 0 aliphatic carbocycles. The quantitative estimate of drug-likeness (QED) is 0.814. The van der Waals surface area contributed by atoms with Crippen molar-refractivity contribution < 1.29 is 9.90 Å². The number of hydrogen-bond acceptors (Lipinski definition) is 2. The number of hydrogen-bond donors (Lipinski definition) is 1. The van der Waals surface area contributed by atoms with Gasteiger partial charge in [-0.2, -0.15) is 0 Å². The van der Waals surface area contributed by atoms with Gasteiger partial charge in [-0.15, -0.1) is 0 Å². The Balaban J connectivity index is 2.27. The molecule has 2 rings (SSSR count). The molecule has 2 nitrogen and oxygen atoms in total. The van der Waals surface area contributed by atoms with Gasteiger partial charge in [0.2, 0.25) is 0 Å². The van der Waals surface area contributed by atoms with E-state index in [2.05, 4.69) is 0 Å². The van der Waals surface area contributed by atoms with E-state index in [1.54, 1.807) is 18.2 Å². The summed E-state index contributed by atoms with van der Waals surface area (Å²) >= 11 is 0. The molecule has 1 N–H and O–H groups in total. The molecule has 2 heteroatoms. The Morgan fingerprint density at radius 2 is 1.76 bits per heavy atom. The van der Waals surface area contributed by atoms with Gasteiger partial charge >= 0.3 is 0 Å². The minimum atomic E-state index is -0.196. The van der Waals surface area contributed by atoms with E-state index < -0.39 is 0 Å². The molecule has 0 bridgehead atoms. The zero-order chi connectivity index (χ0) is 12.3. The summed E-state index contributed by atoms with van der Waals surface area (Å²) in [5, 5.41) is 9.36. The third-order valence-corrected chi connectivity index (χ3v) is 2.82. The minimum Gasteiger partial charge on any atom is -0.508 e. The zero-order valence-electron chi connectivity index (χ0n) is 9.63. The maximum atomic E-state index is 12.2. The third-order valence-electron chi connectivity index (χ3n) is 2.82. The van der Waals surface area contributed by atoms with Crippen LogP contribution in [-0.4, -0.2) is 10.9 Å². The van der Waals surface area contributed by atoms with Gasteiger partial charge in [-0.25, -0.2) is 0 Å². The van der Waals surface area contributed by atoms with Crippen molar-refractivity contribution >= 4 is 5.78 Å². The largest absolute Gasteiger partial charge is 0.508 e. The van der Waals surface area contributed by atoms with E-state index in [0.29, 0.717) is 5.56 Å². The second-order valence-corrected chi connectivity index (χ2v) is 4.05. The van der Waals surface area contributed by atoms with Gasteiger partial charge in [-0.05, 0) is 17.7 Å². The fourth-order valence-electron chi connectivity index (χ4n) is 1.80. The Hall–Kier alpha value is -2.09. The number of phenols is 1. The van der Waals surface area contributed by atoms with Crippen LogP contribution in [-0.2, 0) is 0 Å². The van der Waals surface area contributed by atoms with Crippen LogP contribution in [0.3, 0.4) is 0 Å². The highest BCUT2D eigenvalue weighted by Crippen LogP contribution is 2.22. The summed E-state index contributed by atoms with van der Waals surface area (Å²) in [6, 6.07) is 16.1. The molecule has 17 heavy (non-hydrogen) atoms. The Morgan fingerprint density at radius 3 is 2.41 bits per heavy atom. The lowest BCUT2D eigenvalue weighted by Gasteiger charge is -2.10. The lowest BCUT2D eigenvalue weighted by Crippen LogP contribution is -2.09. The predicted molar refractivity (Wildman–Crippen MR) is 67.3 cm³/mol. The first-order chi connectivity index (χ1) is 8.18. The predicted octanol–water partition coefficient (Wildman–Crippen LogP) is 3.38. The Labute approximate surface area is 101 Å². The molecule has 2 aromatic carbocycles. The summed E-state index contributed by atoms with van der Waals surface area (Å²) < 4.78 is 0. The molecular weight excluding hydrogens is 212 g/mol. The first kappa shape index (κ1) is 11.4. The van der Waals surface area contributed by atoms with Gasteiger partial charge in [0.1, 0.15) is 5.75 Å². The van der Waals surface area contributed by atoms with Crippen LogP contribution in [0.25, 0.3) is 0 Å². The number of rotatable bonds is 3. The molecule has 0 radical (unpaired) electrons. The van der Waals surface area contributed by atoms with Crippen LogP contribution >= 0.6 is 0 Å². The van der Waals surface area contributed by atoms with E-state index in [-0.39, 0.29) is 17.5 Å². The minimum absolute atomic E-state index is 0.0205. The number of aromatic hydroxyl groups is 1. The Kier molecular flexibility index (Phi) is 3.24. The highest BCUT2D eigenvalue weighted by atomic mass is 16.3. The van der Waals surface area contributed by atoms with Crippen molar-refractivity contribution in [2.75, 3.05) is 0 Å². The highest BCUT2D eigenvalue weighted by Gasteiger charge is 2.16. The number of phenolic OH excluding ortho intramolecular Hbond substituents is 1. The smallest absolute Gasteiger partial charge is 0.170 e. The van der Waals surface area contributed by atoms with Gasteiger partial charge in [0, 0.05) is 11.5 Å². The van der Waals surface area contributed by atoms with Gasteiger partial charge in [-0.1, -0.05) is 49.4 Å². The summed E-state index contributed by atoms with van der Waals surface area (Å²) in [6.07, 6.45) is 0. The van der Waals surface area contributed by atoms with Crippen LogP contribution in [0, 0.1) is 0 Å². The number of carbonyl (C=O) groups excluding carboxylic acids is 1. The van der Waals surface area contributed by atoms with Crippen molar-refractivity contribution in [1.29, 1.82) is 0 Å². The SMILES string of the molecule is CC(C(=O)c1cccc(O)c1)c1ccccc1. The van der Waals surface area contributed by atoms with Crippen molar-refractivity contribution in [3.8, 4) is 5.75 Å². The second-order valence-electron chi connectivity index (χ2n) is 4.05. The van der Waals surface area contributed by atoms with Gasteiger partial charge in [0.25, 0.3) is 0 Å². The van der Waals surface area contributed by atoms with Crippen LogP contribution in [0.4, 0.5) is 0 Å². The van der Waals surface area contributed by atoms with E-state index in [4.69, 9.17) is 0 Å². The zero-order valence-corrected chi connectivity index (χ0v) is 9.63. The number of ketones is 1. The van der Waals surface area contributed by atoms with Gasteiger partial charge in [-0.3, -0.25) is 4.79 Å². The van der Waals surface area contributed by atoms with Crippen molar-refractivity contribution in [2.24, 2.45) is 0 Å². The number of carbonyl (C=O) groups is 1. The normalized spacial score (nSPS) is 12.1. The van der Waals surface area contributed by atoms with Crippen molar-refractivity contribution in [3.63, 3.8) is 0 Å². The first-order valence-electron chi connectivity index (χ1n) is 5.56.